The molecule has 4 nitrogen and oxygen atoms in total. The van der Waals surface area contributed by atoms with Crippen molar-refractivity contribution in [2.75, 3.05) is 19.6 Å². The summed E-state index contributed by atoms with van der Waals surface area (Å²) in [6, 6.07) is 0.802. The Morgan fingerprint density at radius 3 is 2.61 bits per heavy atom. The van der Waals surface area contributed by atoms with E-state index in [1.165, 1.54) is 12.8 Å². The summed E-state index contributed by atoms with van der Waals surface area (Å²) < 4.78 is 0. The lowest BCUT2D eigenvalue weighted by Crippen LogP contribution is -2.42. The van der Waals surface area contributed by atoms with Gasteiger partial charge in [-0.3, -0.25) is 15.0 Å². The number of nitrogens with zero attached hydrogens (tertiary/aromatic N) is 2. The zero-order valence-electron chi connectivity index (χ0n) is 11.6. The van der Waals surface area contributed by atoms with Gasteiger partial charge in [-0.05, 0) is 38.6 Å². The fourth-order valence-corrected chi connectivity index (χ4v) is 3.21. The minimum Gasteiger partial charge on any atom is -0.324 e. The maximum atomic E-state index is 12.4. The molecule has 0 aromatic heterocycles. The summed E-state index contributed by atoms with van der Waals surface area (Å²) in [5, 5.41) is 3.54. The maximum absolute atomic E-state index is 12.4. The molecule has 18 heavy (non-hydrogen) atoms. The highest BCUT2D eigenvalue weighted by molar-refractivity contribution is 5.91. The molecule has 0 aromatic rings. The van der Waals surface area contributed by atoms with Crippen LogP contribution < -0.4 is 5.32 Å². The molecule has 1 atom stereocenters. The number of rotatable bonds is 6. The molecule has 1 amide bonds. The van der Waals surface area contributed by atoms with E-state index in [1.54, 1.807) is 0 Å². The van der Waals surface area contributed by atoms with E-state index in [9.17, 15) is 4.79 Å². The van der Waals surface area contributed by atoms with Crippen molar-refractivity contribution in [3.8, 4) is 0 Å². The van der Waals surface area contributed by atoms with Gasteiger partial charge < -0.3 is 4.90 Å². The zero-order chi connectivity index (χ0) is 12.8. The summed E-state index contributed by atoms with van der Waals surface area (Å²) in [6.45, 7) is 7.44. The zero-order valence-corrected chi connectivity index (χ0v) is 11.6. The second-order valence-electron chi connectivity index (χ2n) is 6.01. The third-order valence-corrected chi connectivity index (χ3v) is 4.72. The van der Waals surface area contributed by atoms with E-state index in [1.807, 2.05) is 0 Å². The lowest BCUT2D eigenvalue weighted by molar-refractivity contribution is -0.131. The number of carbonyl (C=O) groups is 1. The third kappa shape index (κ3) is 2.05. The average Bonchev–Trinajstić information content (AvgIpc) is 3.25. The predicted molar refractivity (Wildman–Crippen MR) is 71.2 cm³/mol. The molecule has 0 bridgehead atoms. The van der Waals surface area contributed by atoms with Crippen molar-refractivity contribution in [2.45, 2.75) is 63.7 Å². The fraction of sp³-hybridized carbons (Fsp3) is 0.929. The normalized spacial score (nSPS) is 29.6. The topological polar surface area (TPSA) is 35.6 Å². The Bertz CT molecular complexity index is 336. The molecule has 1 saturated heterocycles. The molecule has 0 aromatic carbocycles. The van der Waals surface area contributed by atoms with Crippen molar-refractivity contribution >= 4 is 5.91 Å². The second-order valence-corrected chi connectivity index (χ2v) is 6.01. The SMILES string of the molecule is CCC1NC2(CC2)C(=O)N1CCN(CC)C1CC1. The van der Waals surface area contributed by atoms with Gasteiger partial charge in [0.15, 0.2) is 0 Å². The first-order valence-electron chi connectivity index (χ1n) is 7.53. The van der Waals surface area contributed by atoms with Gasteiger partial charge >= 0.3 is 0 Å². The van der Waals surface area contributed by atoms with Crippen LogP contribution >= 0.6 is 0 Å². The van der Waals surface area contributed by atoms with Crippen molar-refractivity contribution in [1.82, 2.24) is 15.1 Å². The molecule has 1 aliphatic heterocycles. The van der Waals surface area contributed by atoms with Gasteiger partial charge in [0.05, 0.1) is 11.7 Å². The minimum atomic E-state index is -0.142. The van der Waals surface area contributed by atoms with Crippen LogP contribution in [0, 0.1) is 0 Å². The standard InChI is InChI=1S/C14H25N3O/c1-3-12-15-14(7-8-14)13(18)17(12)10-9-16(4-2)11-5-6-11/h11-12,15H,3-10H2,1-2H3. The van der Waals surface area contributed by atoms with E-state index >= 15 is 0 Å². The van der Waals surface area contributed by atoms with Crippen LogP contribution in [0.5, 0.6) is 0 Å². The number of hydrogen-bond donors (Lipinski definition) is 1. The molecule has 2 saturated carbocycles. The maximum Gasteiger partial charge on any atom is 0.244 e. The number of hydrogen-bond acceptors (Lipinski definition) is 3. The minimum absolute atomic E-state index is 0.142. The number of amides is 1. The quantitative estimate of drug-likeness (QED) is 0.770. The Morgan fingerprint density at radius 1 is 1.39 bits per heavy atom. The summed E-state index contributed by atoms with van der Waals surface area (Å²) in [6.07, 6.45) is 6.07. The number of likely N-dealkylation sites (N-methyl/N-ethyl adjacent to an activating group) is 1. The lowest BCUT2D eigenvalue weighted by atomic mass is 10.3. The fourth-order valence-electron chi connectivity index (χ4n) is 3.21. The van der Waals surface area contributed by atoms with Gasteiger partial charge in [-0.15, -0.1) is 0 Å². The highest BCUT2D eigenvalue weighted by Crippen LogP contribution is 2.42. The average molecular weight is 251 g/mol. The van der Waals surface area contributed by atoms with E-state index in [0.717, 1.165) is 44.9 Å². The van der Waals surface area contributed by atoms with Crippen LogP contribution in [0.1, 0.15) is 46.0 Å². The summed E-state index contributed by atoms with van der Waals surface area (Å²) in [4.78, 5) is 17.0. The van der Waals surface area contributed by atoms with E-state index in [-0.39, 0.29) is 11.7 Å². The monoisotopic (exact) mass is 251 g/mol. The molecule has 1 N–H and O–H groups in total. The Labute approximate surface area is 110 Å². The molecule has 1 unspecified atom stereocenters. The van der Waals surface area contributed by atoms with Crippen LogP contribution in [0.3, 0.4) is 0 Å². The van der Waals surface area contributed by atoms with Crippen LogP contribution in [-0.2, 0) is 4.79 Å². The largest absolute Gasteiger partial charge is 0.324 e. The number of nitrogens with one attached hydrogen (secondary N) is 1. The van der Waals surface area contributed by atoms with Crippen LogP contribution in [0.4, 0.5) is 0 Å². The van der Waals surface area contributed by atoms with Crippen molar-refractivity contribution in [3.05, 3.63) is 0 Å². The Balaban J connectivity index is 1.58. The molecule has 1 spiro atoms. The van der Waals surface area contributed by atoms with E-state index in [2.05, 4.69) is 29.0 Å². The summed E-state index contributed by atoms with van der Waals surface area (Å²) in [7, 11) is 0. The van der Waals surface area contributed by atoms with E-state index in [4.69, 9.17) is 0 Å². The van der Waals surface area contributed by atoms with Crippen LogP contribution in [-0.4, -0.2) is 53.1 Å². The van der Waals surface area contributed by atoms with Crippen molar-refractivity contribution in [3.63, 3.8) is 0 Å². The second kappa shape index (κ2) is 4.49. The van der Waals surface area contributed by atoms with Crippen LogP contribution in [0.15, 0.2) is 0 Å². The van der Waals surface area contributed by atoms with Gasteiger partial charge in [-0.25, -0.2) is 0 Å². The molecule has 0 radical (unpaired) electrons. The van der Waals surface area contributed by atoms with Gasteiger partial charge in [0.25, 0.3) is 0 Å². The summed E-state index contributed by atoms with van der Waals surface area (Å²) in [5.74, 6) is 0.362. The first-order chi connectivity index (χ1) is 8.70. The predicted octanol–water partition coefficient (Wildman–Crippen LogP) is 1.17. The molecular formula is C14H25N3O. The Hall–Kier alpha value is -0.610. The van der Waals surface area contributed by atoms with Gasteiger partial charge in [0.2, 0.25) is 5.91 Å². The number of carbonyl (C=O) groups excluding carboxylic acids is 1. The summed E-state index contributed by atoms with van der Waals surface area (Å²) in [5.41, 5.74) is -0.142. The first kappa shape index (κ1) is 12.4. The van der Waals surface area contributed by atoms with Crippen LogP contribution in [0.25, 0.3) is 0 Å². The van der Waals surface area contributed by atoms with E-state index < -0.39 is 0 Å². The Morgan fingerprint density at radius 2 is 2.11 bits per heavy atom. The van der Waals surface area contributed by atoms with Crippen molar-refractivity contribution in [1.29, 1.82) is 0 Å². The highest BCUT2D eigenvalue weighted by Gasteiger charge is 2.58. The van der Waals surface area contributed by atoms with E-state index in [0.29, 0.717) is 5.91 Å². The van der Waals surface area contributed by atoms with Crippen LogP contribution in [0.2, 0.25) is 0 Å². The lowest BCUT2D eigenvalue weighted by Gasteiger charge is -2.27. The molecule has 102 valence electrons. The molecule has 4 heteroatoms. The van der Waals surface area contributed by atoms with Gasteiger partial charge in [0.1, 0.15) is 0 Å². The molecule has 2 aliphatic carbocycles. The third-order valence-electron chi connectivity index (χ3n) is 4.72. The smallest absolute Gasteiger partial charge is 0.244 e. The van der Waals surface area contributed by atoms with Gasteiger partial charge in [0, 0.05) is 19.1 Å². The van der Waals surface area contributed by atoms with Crippen molar-refractivity contribution < 1.29 is 4.79 Å². The first-order valence-corrected chi connectivity index (χ1v) is 7.53. The van der Waals surface area contributed by atoms with Gasteiger partial charge in [-0.2, -0.15) is 0 Å². The van der Waals surface area contributed by atoms with Gasteiger partial charge in [-0.1, -0.05) is 13.8 Å². The molecule has 3 aliphatic rings. The Kier molecular flexibility index (Phi) is 3.10. The summed E-state index contributed by atoms with van der Waals surface area (Å²) >= 11 is 0. The molecular weight excluding hydrogens is 226 g/mol. The molecule has 1 heterocycles. The highest BCUT2D eigenvalue weighted by atomic mass is 16.2. The van der Waals surface area contributed by atoms with Crippen molar-refractivity contribution in [2.24, 2.45) is 0 Å². The molecule has 3 fully saturated rings. The molecule has 3 rings (SSSR count).